The van der Waals surface area contributed by atoms with Crippen LogP contribution in [0.5, 0.6) is 11.5 Å². The predicted octanol–water partition coefficient (Wildman–Crippen LogP) is 5.89. The first-order chi connectivity index (χ1) is 15.5. The summed E-state index contributed by atoms with van der Waals surface area (Å²) in [5, 5.41) is 2.43. The zero-order valence-corrected chi connectivity index (χ0v) is 19.1. The van der Waals surface area contributed by atoms with E-state index in [0.717, 1.165) is 17.0 Å². The molecule has 0 saturated heterocycles. The SMILES string of the molecule is CNC(=O)c1cc(Oc2ccc(N(C(N)=O)c3ccc(Br)c(C(F)(F)F)c3)c(Cl)c2)ccn1. The van der Waals surface area contributed by atoms with Gasteiger partial charge in [-0.1, -0.05) is 27.5 Å². The van der Waals surface area contributed by atoms with Crippen LogP contribution in [0.1, 0.15) is 16.1 Å². The van der Waals surface area contributed by atoms with Crippen LogP contribution in [0.4, 0.5) is 29.3 Å². The smallest absolute Gasteiger partial charge is 0.417 e. The highest BCUT2D eigenvalue weighted by Crippen LogP contribution is 2.40. The molecule has 12 heteroatoms. The summed E-state index contributed by atoms with van der Waals surface area (Å²) in [6.45, 7) is 0. The number of anilines is 2. The van der Waals surface area contributed by atoms with E-state index in [1.807, 2.05) is 0 Å². The third kappa shape index (κ3) is 5.55. The van der Waals surface area contributed by atoms with Crippen LogP contribution >= 0.6 is 27.5 Å². The third-order valence-corrected chi connectivity index (χ3v) is 5.32. The Balaban J connectivity index is 1.95. The number of hydrogen-bond acceptors (Lipinski definition) is 4. The lowest BCUT2D eigenvalue weighted by atomic mass is 10.1. The van der Waals surface area contributed by atoms with Crippen molar-refractivity contribution in [2.75, 3.05) is 11.9 Å². The van der Waals surface area contributed by atoms with Gasteiger partial charge in [-0.15, -0.1) is 0 Å². The van der Waals surface area contributed by atoms with Crippen LogP contribution < -0.4 is 20.7 Å². The molecule has 0 radical (unpaired) electrons. The second kappa shape index (κ2) is 9.67. The molecular formula is C21H15BrClF3N4O3. The lowest BCUT2D eigenvalue weighted by Crippen LogP contribution is -2.31. The van der Waals surface area contributed by atoms with Crippen molar-refractivity contribution in [2.24, 2.45) is 5.73 Å². The molecule has 0 unspecified atom stereocenters. The van der Waals surface area contributed by atoms with Crippen LogP contribution in [0.25, 0.3) is 0 Å². The molecule has 3 N–H and O–H groups in total. The van der Waals surface area contributed by atoms with E-state index >= 15 is 0 Å². The zero-order valence-electron chi connectivity index (χ0n) is 16.8. The fraction of sp³-hybridized carbons (Fsp3) is 0.0952. The molecule has 3 rings (SSSR count). The van der Waals surface area contributed by atoms with Gasteiger partial charge in [0.05, 0.1) is 22.0 Å². The van der Waals surface area contributed by atoms with Crippen LogP contribution in [0, 0.1) is 0 Å². The Kier molecular flexibility index (Phi) is 7.13. The second-order valence-electron chi connectivity index (χ2n) is 6.51. The minimum atomic E-state index is -4.66. The van der Waals surface area contributed by atoms with Gasteiger partial charge in [0, 0.05) is 29.8 Å². The molecule has 3 aromatic rings. The highest BCUT2D eigenvalue weighted by atomic mass is 79.9. The molecule has 172 valence electrons. The number of carbonyl (C=O) groups excluding carboxylic acids is 2. The van der Waals surface area contributed by atoms with Crippen LogP contribution in [0.2, 0.25) is 5.02 Å². The number of pyridine rings is 1. The molecule has 0 fully saturated rings. The van der Waals surface area contributed by atoms with E-state index in [4.69, 9.17) is 22.1 Å². The lowest BCUT2D eigenvalue weighted by molar-refractivity contribution is -0.138. The molecule has 0 saturated carbocycles. The van der Waals surface area contributed by atoms with Crippen molar-refractivity contribution in [2.45, 2.75) is 6.18 Å². The van der Waals surface area contributed by atoms with Gasteiger partial charge in [-0.2, -0.15) is 13.2 Å². The number of amides is 3. The summed E-state index contributed by atoms with van der Waals surface area (Å²) >= 11 is 9.17. The summed E-state index contributed by atoms with van der Waals surface area (Å²) in [5.41, 5.74) is 4.52. The van der Waals surface area contributed by atoms with Gasteiger partial charge in [0.1, 0.15) is 17.2 Å². The maximum absolute atomic E-state index is 13.3. The van der Waals surface area contributed by atoms with Gasteiger partial charge in [-0.25, -0.2) is 4.79 Å². The molecule has 1 heterocycles. The Morgan fingerprint density at radius 3 is 2.42 bits per heavy atom. The molecule has 1 aromatic heterocycles. The molecule has 0 aliphatic carbocycles. The number of nitrogens with two attached hydrogens (primary N) is 1. The number of aromatic nitrogens is 1. The van der Waals surface area contributed by atoms with E-state index in [-0.39, 0.29) is 32.3 Å². The summed E-state index contributed by atoms with van der Waals surface area (Å²) in [6, 6.07) is 9.31. The first kappa shape index (κ1) is 24.3. The molecule has 0 aliphatic heterocycles. The van der Waals surface area contributed by atoms with Gasteiger partial charge in [-0.05, 0) is 36.4 Å². The molecule has 0 aliphatic rings. The number of alkyl halides is 3. The zero-order chi connectivity index (χ0) is 24.3. The Labute approximate surface area is 199 Å². The molecule has 0 atom stereocenters. The van der Waals surface area contributed by atoms with Crippen molar-refractivity contribution in [3.05, 3.63) is 75.5 Å². The Hall–Kier alpha value is -3.31. The number of hydrogen-bond donors (Lipinski definition) is 2. The van der Waals surface area contributed by atoms with E-state index in [1.54, 1.807) is 0 Å². The summed E-state index contributed by atoms with van der Waals surface area (Å²) in [4.78, 5) is 28.6. The first-order valence-corrected chi connectivity index (χ1v) is 10.3. The Morgan fingerprint density at radius 2 is 1.82 bits per heavy atom. The number of halogens is 5. The van der Waals surface area contributed by atoms with Gasteiger partial charge in [0.2, 0.25) is 0 Å². The predicted molar refractivity (Wildman–Crippen MR) is 120 cm³/mol. The monoisotopic (exact) mass is 542 g/mol. The van der Waals surface area contributed by atoms with Crippen molar-refractivity contribution in [1.82, 2.24) is 10.3 Å². The number of benzene rings is 2. The molecule has 0 bridgehead atoms. The normalized spacial score (nSPS) is 11.1. The molecule has 33 heavy (non-hydrogen) atoms. The van der Waals surface area contributed by atoms with Crippen molar-refractivity contribution in [3.8, 4) is 11.5 Å². The Morgan fingerprint density at radius 1 is 1.12 bits per heavy atom. The minimum absolute atomic E-state index is 0.0108. The largest absolute Gasteiger partial charge is 0.457 e. The van der Waals surface area contributed by atoms with E-state index in [2.05, 4.69) is 26.2 Å². The summed E-state index contributed by atoms with van der Waals surface area (Å²) < 4.78 is 45.4. The molecule has 2 aromatic carbocycles. The summed E-state index contributed by atoms with van der Waals surface area (Å²) in [6.07, 6.45) is -3.27. The van der Waals surface area contributed by atoms with Gasteiger partial charge >= 0.3 is 12.2 Å². The van der Waals surface area contributed by atoms with Crippen LogP contribution in [0.3, 0.4) is 0 Å². The maximum atomic E-state index is 13.3. The number of carbonyl (C=O) groups is 2. The highest BCUT2D eigenvalue weighted by Gasteiger charge is 2.34. The number of primary amides is 1. The Bertz CT molecular complexity index is 1220. The molecule has 3 amide bonds. The van der Waals surface area contributed by atoms with Gasteiger partial charge < -0.3 is 15.8 Å². The third-order valence-electron chi connectivity index (χ3n) is 4.32. The van der Waals surface area contributed by atoms with Crippen molar-refractivity contribution in [1.29, 1.82) is 0 Å². The number of ether oxygens (including phenoxy) is 1. The van der Waals surface area contributed by atoms with Gasteiger partial charge in [0.25, 0.3) is 5.91 Å². The maximum Gasteiger partial charge on any atom is 0.417 e. The topological polar surface area (TPSA) is 97.5 Å². The average Bonchev–Trinajstić information content (AvgIpc) is 2.75. The fourth-order valence-corrected chi connectivity index (χ4v) is 3.58. The molecule has 0 spiro atoms. The lowest BCUT2D eigenvalue weighted by Gasteiger charge is -2.23. The number of nitrogens with one attached hydrogen (secondary N) is 1. The average molecular weight is 544 g/mol. The number of rotatable bonds is 5. The van der Waals surface area contributed by atoms with Gasteiger partial charge in [0.15, 0.2) is 0 Å². The first-order valence-electron chi connectivity index (χ1n) is 9.13. The van der Waals surface area contributed by atoms with E-state index in [0.29, 0.717) is 5.75 Å². The minimum Gasteiger partial charge on any atom is -0.457 e. The standard InChI is InChI=1S/C21H15BrClF3N4O3/c1-28-19(31)17-10-13(6-7-29-17)33-12-3-5-18(16(23)9-12)30(20(27)32)11-2-4-15(22)14(8-11)21(24,25)26/h2-10H,1H3,(H2,27,32)(H,28,31). The van der Waals surface area contributed by atoms with Crippen LogP contribution in [-0.2, 0) is 6.18 Å². The van der Waals surface area contributed by atoms with Gasteiger partial charge in [-0.3, -0.25) is 14.7 Å². The quantitative estimate of drug-likeness (QED) is 0.420. The number of nitrogens with zero attached hydrogens (tertiary/aromatic N) is 2. The van der Waals surface area contributed by atoms with E-state index in [9.17, 15) is 22.8 Å². The van der Waals surface area contributed by atoms with Crippen molar-refractivity contribution in [3.63, 3.8) is 0 Å². The second-order valence-corrected chi connectivity index (χ2v) is 7.77. The van der Waals surface area contributed by atoms with Crippen molar-refractivity contribution < 1.29 is 27.5 Å². The van der Waals surface area contributed by atoms with Crippen LogP contribution in [-0.4, -0.2) is 24.0 Å². The van der Waals surface area contributed by atoms with E-state index in [1.165, 1.54) is 49.6 Å². The fourth-order valence-electron chi connectivity index (χ4n) is 2.85. The molecule has 7 nitrogen and oxygen atoms in total. The summed E-state index contributed by atoms with van der Waals surface area (Å²) in [7, 11) is 1.46. The summed E-state index contributed by atoms with van der Waals surface area (Å²) in [5.74, 6) is 0.134. The van der Waals surface area contributed by atoms with E-state index < -0.39 is 23.7 Å². The molecular weight excluding hydrogens is 529 g/mol. The highest BCUT2D eigenvalue weighted by molar-refractivity contribution is 9.10. The van der Waals surface area contributed by atoms with Crippen LogP contribution in [0.15, 0.2) is 59.2 Å². The van der Waals surface area contributed by atoms with Crippen molar-refractivity contribution >= 4 is 50.8 Å². The number of urea groups is 1.